The van der Waals surface area contributed by atoms with Crippen LogP contribution < -0.4 is 20.2 Å². The van der Waals surface area contributed by atoms with Gasteiger partial charge >= 0.3 is 5.97 Å². The number of nitrogens with one attached hydrogen (secondary N) is 2. The average molecular weight is 403 g/mol. The van der Waals surface area contributed by atoms with Crippen molar-refractivity contribution < 1.29 is 18.7 Å². The van der Waals surface area contributed by atoms with E-state index in [9.17, 15) is 9.18 Å². The van der Waals surface area contributed by atoms with Gasteiger partial charge in [-0.15, -0.1) is 0 Å². The summed E-state index contributed by atoms with van der Waals surface area (Å²) in [6, 6.07) is 10.5. The van der Waals surface area contributed by atoms with Gasteiger partial charge in [-0.2, -0.15) is 5.10 Å². The van der Waals surface area contributed by atoms with Crippen LogP contribution in [0, 0.1) is 5.82 Å². The number of esters is 1. The molecule has 2 rings (SSSR count). The van der Waals surface area contributed by atoms with Crippen molar-refractivity contribution in [2.45, 2.75) is 19.8 Å². The van der Waals surface area contributed by atoms with Gasteiger partial charge in [0.15, 0.2) is 16.6 Å². The minimum Gasteiger partial charge on any atom is -0.493 e. The molecule has 0 amide bonds. The largest absolute Gasteiger partial charge is 0.493 e. The standard InChI is InChI=1S/C20H22FN3O3S/c1-3-4-11-22-20(28)24-23-13-14-9-10-17(18(12-14)26-2)27-19(25)15-7-5-6-8-16(15)21/h5-10,12-13H,3-4,11H2,1-2H3,(H2,22,24,28)/b23-13-. The van der Waals surface area contributed by atoms with Crippen molar-refractivity contribution in [2.75, 3.05) is 13.7 Å². The van der Waals surface area contributed by atoms with E-state index in [4.69, 9.17) is 21.7 Å². The maximum atomic E-state index is 13.7. The minimum atomic E-state index is -0.803. The summed E-state index contributed by atoms with van der Waals surface area (Å²) in [5.41, 5.74) is 3.27. The van der Waals surface area contributed by atoms with E-state index in [1.54, 1.807) is 30.5 Å². The molecule has 0 heterocycles. The first kappa shape index (κ1) is 21.3. The van der Waals surface area contributed by atoms with Gasteiger partial charge in [0, 0.05) is 6.54 Å². The lowest BCUT2D eigenvalue weighted by atomic mass is 10.2. The number of benzene rings is 2. The fourth-order valence-electron chi connectivity index (χ4n) is 2.21. The maximum Gasteiger partial charge on any atom is 0.346 e. The quantitative estimate of drug-likeness (QED) is 0.175. The van der Waals surface area contributed by atoms with Crippen LogP contribution >= 0.6 is 12.2 Å². The third-order valence-corrected chi connectivity index (χ3v) is 3.92. The Bertz CT molecular complexity index is 858. The minimum absolute atomic E-state index is 0.150. The number of ether oxygens (including phenoxy) is 2. The fraction of sp³-hybridized carbons (Fsp3) is 0.250. The predicted molar refractivity (Wildman–Crippen MR) is 111 cm³/mol. The Morgan fingerprint density at radius 1 is 1.25 bits per heavy atom. The molecule has 0 aliphatic rings. The van der Waals surface area contributed by atoms with Crippen LogP contribution in [0.3, 0.4) is 0 Å². The number of hydrogen-bond acceptors (Lipinski definition) is 5. The monoisotopic (exact) mass is 403 g/mol. The number of carbonyl (C=O) groups excluding carboxylic acids is 1. The number of methoxy groups -OCH3 is 1. The van der Waals surface area contributed by atoms with E-state index in [2.05, 4.69) is 22.8 Å². The number of hydrazone groups is 1. The first-order chi connectivity index (χ1) is 13.5. The molecule has 2 aromatic rings. The van der Waals surface area contributed by atoms with Crippen molar-refractivity contribution in [2.24, 2.45) is 5.10 Å². The van der Waals surface area contributed by atoms with Crippen LogP contribution in [0.25, 0.3) is 0 Å². The lowest BCUT2D eigenvalue weighted by molar-refractivity contribution is 0.0725. The molecule has 0 saturated heterocycles. The van der Waals surface area contributed by atoms with E-state index in [1.165, 1.54) is 25.3 Å². The molecule has 0 aromatic heterocycles. The molecular formula is C20H22FN3O3S. The molecule has 0 atom stereocenters. The number of hydrogen-bond donors (Lipinski definition) is 2. The van der Waals surface area contributed by atoms with Crippen molar-refractivity contribution in [3.8, 4) is 11.5 Å². The van der Waals surface area contributed by atoms with Gasteiger partial charge in [0.05, 0.1) is 18.9 Å². The van der Waals surface area contributed by atoms with E-state index in [0.29, 0.717) is 16.4 Å². The summed E-state index contributed by atoms with van der Waals surface area (Å²) >= 11 is 5.11. The van der Waals surface area contributed by atoms with Crippen LogP contribution in [-0.4, -0.2) is 31.0 Å². The first-order valence-corrected chi connectivity index (χ1v) is 9.17. The van der Waals surface area contributed by atoms with Gasteiger partial charge in [-0.25, -0.2) is 9.18 Å². The number of thiocarbonyl (C=S) groups is 1. The Kier molecular flexibility index (Phi) is 8.36. The van der Waals surface area contributed by atoms with Crippen LogP contribution in [-0.2, 0) is 0 Å². The number of nitrogens with zero attached hydrogens (tertiary/aromatic N) is 1. The Balaban J connectivity index is 2.01. The smallest absolute Gasteiger partial charge is 0.346 e. The molecule has 0 aliphatic heterocycles. The predicted octanol–water partition coefficient (Wildman–Crippen LogP) is 3.65. The molecular weight excluding hydrogens is 381 g/mol. The average Bonchev–Trinajstić information content (AvgIpc) is 2.69. The first-order valence-electron chi connectivity index (χ1n) is 8.76. The molecule has 0 bridgehead atoms. The maximum absolute atomic E-state index is 13.7. The Hall–Kier alpha value is -3.00. The van der Waals surface area contributed by atoms with Crippen LogP contribution in [0.2, 0.25) is 0 Å². The van der Waals surface area contributed by atoms with Gasteiger partial charge in [0.2, 0.25) is 0 Å². The molecule has 8 heteroatoms. The topological polar surface area (TPSA) is 72.0 Å². The highest BCUT2D eigenvalue weighted by Crippen LogP contribution is 2.28. The zero-order valence-electron chi connectivity index (χ0n) is 15.7. The van der Waals surface area contributed by atoms with E-state index in [1.807, 2.05) is 0 Å². The lowest BCUT2D eigenvalue weighted by Gasteiger charge is -2.10. The molecule has 0 unspecified atom stereocenters. The normalized spacial score (nSPS) is 10.5. The third-order valence-electron chi connectivity index (χ3n) is 3.68. The number of halogens is 1. The summed E-state index contributed by atoms with van der Waals surface area (Å²) in [4.78, 5) is 12.2. The van der Waals surface area contributed by atoms with Crippen LogP contribution in [0.4, 0.5) is 4.39 Å². The molecule has 6 nitrogen and oxygen atoms in total. The molecule has 0 saturated carbocycles. The molecule has 0 radical (unpaired) electrons. The van der Waals surface area contributed by atoms with Gasteiger partial charge in [0.1, 0.15) is 5.82 Å². The van der Waals surface area contributed by atoms with Gasteiger partial charge < -0.3 is 14.8 Å². The Morgan fingerprint density at radius 2 is 2.04 bits per heavy atom. The van der Waals surface area contributed by atoms with Crippen LogP contribution in [0.1, 0.15) is 35.7 Å². The SMILES string of the molecule is CCCCNC(=S)N/N=C\c1ccc(OC(=O)c2ccccc2F)c(OC)c1. The highest BCUT2D eigenvalue weighted by atomic mass is 32.1. The van der Waals surface area contributed by atoms with E-state index < -0.39 is 11.8 Å². The highest BCUT2D eigenvalue weighted by molar-refractivity contribution is 7.80. The van der Waals surface area contributed by atoms with Crippen LogP contribution in [0.15, 0.2) is 47.6 Å². The second-order valence-electron chi connectivity index (χ2n) is 5.76. The third kappa shape index (κ3) is 6.31. The molecule has 0 spiro atoms. The van der Waals surface area contributed by atoms with Crippen molar-refractivity contribution in [3.63, 3.8) is 0 Å². The highest BCUT2D eigenvalue weighted by Gasteiger charge is 2.16. The molecule has 2 aromatic carbocycles. The fourth-order valence-corrected chi connectivity index (χ4v) is 2.37. The van der Waals surface area contributed by atoms with Gasteiger partial charge in [-0.3, -0.25) is 5.43 Å². The lowest BCUT2D eigenvalue weighted by Crippen LogP contribution is -2.32. The second kappa shape index (κ2) is 11.0. The van der Waals surface area contributed by atoms with Crippen molar-refractivity contribution in [3.05, 3.63) is 59.4 Å². The molecule has 0 aliphatic carbocycles. The van der Waals surface area contributed by atoms with E-state index >= 15 is 0 Å². The molecule has 2 N–H and O–H groups in total. The van der Waals surface area contributed by atoms with Gasteiger partial charge in [0.25, 0.3) is 0 Å². The molecule has 0 fully saturated rings. The second-order valence-corrected chi connectivity index (χ2v) is 6.17. The van der Waals surface area contributed by atoms with Crippen molar-refractivity contribution in [1.82, 2.24) is 10.7 Å². The summed E-state index contributed by atoms with van der Waals surface area (Å²) in [6.07, 6.45) is 3.65. The number of unbranched alkanes of at least 4 members (excludes halogenated alkanes) is 1. The summed E-state index contributed by atoms with van der Waals surface area (Å²) < 4.78 is 24.2. The van der Waals surface area contributed by atoms with Gasteiger partial charge in [-0.1, -0.05) is 25.5 Å². The summed E-state index contributed by atoms with van der Waals surface area (Å²) in [7, 11) is 1.45. The van der Waals surface area contributed by atoms with E-state index in [0.717, 1.165) is 19.4 Å². The zero-order chi connectivity index (χ0) is 20.4. The summed E-state index contributed by atoms with van der Waals surface area (Å²) in [6.45, 7) is 2.88. The van der Waals surface area contributed by atoms with E-state index in [-0.39, 0.29) is 11.3 Å². The Morgan fingerprint density at radius 3 is 2.75 bits per heavy atom. The number of carbonyl (C=O) groups is 1. The molecule has 28 heavy (non-hydrogen) atoms. The van der Waals surface area contributed by atoms with Crippen molar-refractivity contribution >= 4 is 29.5 Å². The Labute approximate surface area is 168 Å². The zero-order valence-corrected chi connectivity index (χ0v) is 16.5. The molecule has 148 valence electrons. The van der Waals surface area contributed by atoms with Gasteiger partial charge in [-0.05, 0) is 54.5 Å². The van der Waals surface area contributed by atoms with Crippen molar-refractivity contribution in [1.29, 1.82) is 0 Å². The number of rotatable bonds is 8. The summed E-state index contributed by atoms with van der Waals surface area (Å²) in [5, 5.41) is 7.53. The summed E-state index contributed by atoms with van der Waals surface area (Å²) in [5.74, 6) is -0.956. The van der Waals surface area contributed by atoms with Crippen LogP contribution in [0.5, 0.6) is 11.5 Å².